The first-order valence-electron chi connectivity index (χ1n) is 9.85. The first kappa shape index (κ1) is 20.5. The van der Waals surface area contributed by atoms with Gasteiger partial charge in [0.1, 0.15) is 0 Å². The maximum Gasteiger partial charge on any atom is 0.253 e. The Morgan fingerprint density at radius 1 is 0.821 bits per heavy atom. The summed E-state index contributed by atoms with van der Waals surface area (Å²) in [6.07, 6.45) is 0. The Bertz CT molecular complexity index is 797. The predicted molar refractivity (Wildman–Crippen MR) is 115 cm³/mol. The molecule has 1 heterocycles. The van der Waals surface area contributed by atoms with Crippen LogP contribution >= 0.6 is 11.8 Å². The summed E-state index contributed by atoms with van der Waals surface area (Å²) >= 11 is 1.58. The number of piperazine rings is 1. The molecule has 1 saturated heterocycles. The van der Waals surface area contributed by atoms with E-state index in [9.17, 15) is 9.59 Å². The summed E-state index contributed by atoms with van der Waals surface area (Å²) in [5.74, 6) is 0.644. The van der Waals surface area contributed by atoms with E-state index in [-0.39, 0.29) is 17.1 Å². The second kappa shape index (κ2) is 9.28. The molecule has 28 heavy (non-hydrogen) atoms. The largest absolute Gasteiger partial charge is 0.338 e. The van der Waals surface area contributed by atoms with E-state index in [1.165, 1.54) is 5.56 Å². The maximum atomic E-state index is 12.8. The molecule has 0 aliphatic carbocycles. The van der Waals surface area contributed by atoms with Crippen molar-refractivity contribution in [3.63, 3.8) is 0 Å². The summed E-state index contributed by atoms with van der Waals surface area (Å²) in [7, 11) is 0. The van der Waals surface area contributed by atoms with E-state index in [1.807, 2.05) is 71.3 Å². The third-order valence-corrected chi connectivity index (χ3v) is 6.21. The molecule has 0 N–H and O–H groups in total. The van der Waals surface area contributed by atoms with Crippen LogP contribution in [-0.2, 0) is 4.79 Å². The molecule has 3 rings (SSSR count). The van der Waals surface area contributed by atoms with Crippen LogP contribution in [0.3, 0.4) is 0 Å². The third kappa shape index (κ3) is 4.96. The molecule has 2 aromatic carbocycles. The number of nitrogens with zero attached hydrogens (tertiary/aromatic N) is 2. The van der Waals surface area contributed by atoms with E-state index in [2.05, 4.69) is 13.8 Å². The minimum absolute atomic E-state index is 0.0501. The van der Waals surface area contributed by atoms with Crippen molar-refractivity contribution in [1.29, 1.82) is 0 Å². The number of hydrogen-bond acceptors (Lipinski definition) is 3. The number of rotatable bonds is 5. The monoisotopic (exact) mass is 396 g/mol. The summed E-state index contributed by atoms with van der Waals surface area (Å²) in [5, 5.41) is -0.131. The molecule has 1 unspecified atom stereocenters. The fourth-order valence-electron chi connectivity index (χ4n) is 3.33. The lowest BCUT2D eigenvalue weighted by atomic mass is 10.0. The van der Waals surface area contributed by atoms with Gasteiger partial charge in [0.15, 0.2) is 0 Å². The number of hydrogen-bond donors (Lipinski definition) is 0. The second-order valence-corrected chi connectivity index (χ2v) is 8.88. The number of carbonyl (C=O) groups excluding carboxylic acids is 2. The minimum atomic E-state index is -0.131. The molecule has 0 aromatic heterocycles. The molecule has 0 radical (unpaired) electrons. The molecular weight excluding hydrogens is 368 g/mol. The van der Waals surface area contributed by atoms with E-state index in [4.69, 9.17) is 0 Å². The normalized spacial score (nSPS) is 15.6. The second-order valence-electron chi connectivity index (χ2n) is 7.47. The highest BCUT2D eigenvalue weighted by Crippen LogP contribution is 2.24. The van der Waals surface area contributed by atoms with E-state index in [0.29, 0.717) is 32.1 Å². The van der Waals surface area contributed by atoms with Gasteiger partial charge in [-0.3, -0.25) is 9.59 Å². The van der Waals surface area contributed by atoms with Crippen LogP contribution in [0.4, 0.5) is 0 Å². The van der Waals surface area contributed by atoms with Crippen molar-refractivity contribution in [3.05, 3.63) is 65.7 Å². The Morgan fingerprint density at radius 2 is 1.39 bits per heavy atom. The third-order valence-electron chi connectivity index (χ3n) is 5.11. The first-order valence-corrected chi connectivity index (χ1v) is 10.7. The van der Waals surface area contributed by atoms with Crippen LogP contribution in [-0.4, -0.2) is 53.0 Å². The van der Waals surface area contributed by atoms with Gasteiger partial charge in [0, 0.05) is 36.6 Å². The van der Waals surface area contributed by atoms with Crippen LogP contribution < -0.4 is 0 Å². The van der Waals surface area contributed by atoms with Crippen molar-refractivity contribution in [2.75, 3.05) is 26.2 Å². The zero-order valence-corrected chi connectivity index (χ0v) is 17.6. The zero-order chi connectivity index (χ0) is 20.1. The topological polar surface area (TPSA) is 40.6 Å². The van der Waals surface area contributed by atoms with Crippen molar-refractivity contribution >= 4 is 23.6 Å². The molecule has 4 nitrogen and oxygen atoms in total. The summed E-state index contributed by atoms with van der Waals surface area (Å²) in [4.78, 5) is 30.3. The van der Waals surface area contributed by atoms with Gasteiger partial charge < -0.3 is 9.80 Å². The van der Waals surface area contributed by atoms with E-state index in [0.717, 1.165) is 10.5 Å². The summed E-state index contributed by atoms with van der Waals surface area (Å²) in [6, 6.07) is 17.9. The summed E-state index contributed by atoms with van der Waals surface area (Å²) in [5.41, 5.74) is 1.95. The molecule has 1 aliphatic rings. The molecule has 2 amide bonds. The first-order chi connectivity index (χ1) is 13.5. The highest BCUT2D eigenvalue weighted by Gasteiger charge is 2.27. The summed E-state index contributed by atoms with van der Waals surface area (Å²) in [6.45, 7) is 8.59. The fourth-order valence-corrected chi connectivity index (χ4v) is 4.31. The van der Waals surface area contributed by atoms with Crippen molar-refractivity contribution in [2.24, 2.45) is 0 Å². The van der Waals surface area contributed by atoms with Gasteiger partial charge in [0.05, 0.1) is 5.25 Å². The Morgan fingerprint density at radius 3 is 1.96 bits per heavy atom. The Labute approximate surface area is 171 Å². The quantitative estimate of drug-likeness (QED) is 0.709. The number of amides is 2. The molecular formula is C23H28N2O2S. The lowest BCUT2D eigenvalue weighted by Gasteiger charge is -2.36. The van der Waals surface area contributed by atoms with Gasteiger partial charge in [-0.1, -0.05) is 44.2 Å². The molecule has 2 aromatic rings. The van der Waals surface area contributed by atoms with E-state index >= 15 is 0 Å². The van der Waals surface area contributed by atoms with Crippen LogP contribution in [0.2, 0.25) is 0 Å². The van der Waals surface area contributed by atoms with Gasteiger partial charge >= 0.3 is 0 Å². The smallest absolute Gasteiger partial charge is 0.253 e. The number of benzene rings is 2. The van der Waals surface area contributed by atoms with Crippen LogP contribution in [0, 0.1) is 0 Å². The minimum Gasteiger partial charge on any atom is -0.338 e. The molecule has 1 aliphatic heterocycles. The zero-order valence-electron chi connectivity index (χ0n) is 16.8. The fraction of sp³-hybridized carbons (Fsp3) is 0.391. The average Bonchev–Trinajstić information content (AvgIpc) is 2.73. The Balaban J connectivity index is 1.53. The van der Waals surface area contributed by atoms with Crippen LogP contribution in [0.1, 0.15) is 42.6 Å². The highest BCUT2D eigenvalue weighted by atomic mass is 32.2. The number of thioether (sulfide) groups is 1. The predicted octanol–water partition coefficient (Wildman–Crippen LogP) is 4.28. The molecule has 148 valence electrons. The van der Waals surface area contributed by atoms with Crippen molar-refractivity contribution in [3.8, 4) is 0 Å². The van der Waals surface area contributed by atoms with Gasteiger partial charge in [-0.15, -0.1) is 11.8 Å². The lowest BCUT2D eigenvalue weighted by Crippen LogP contribution is -2.52. The van der Waals surface area contributed by atoms with Crippen molar-refractivity contribution in [1.82, 2.24) is 9.80 Å². The maximum absolute atomic E-state index is 12.8. The van der Waals surface area contributed by atoms with Gasteiger partial charge in [-0.2, -0.15) is 0 Å². The highest BCUT2D eigenvalue weighted by molar-refractivity contribution is 8.00. The van der Waals surface area contributed by atoms with Gasteiger partial charge in [-0.25, -0.2) is 0 Å². The van der Waals surface area contributed by atoms with Crippen LogP contribution in [0.15, 0.2) is 59.5 Å². The average molecular weight is 397 g/mol. The lowest BCUT2D eigenvalue weighted by molar-refractivity contribution is -0.131. The molecule has 0 saturated carbocycles. The SMILES string of the molecule is CC(Sc1ccccc1)C(=O)N1CCN(C(=O)c2ccc(C(C)C)cc2)CC1. The van der Waals surface area contributed by atoms with Crippen molar-refractivity contribution < 1.29 is 9.59 Å². The van der Waals surface area contributed by atoms with Crippen molar-refractivity contribution in [2.45, 2.75) is 36.8 Å². The van der Waals surface area contributed by atoms with Gasteiger partial charge in [0.2, 0.25) is 5.91 Å². The Kier molecular flexibility index (Phi) is 6.79. The molecule has 0 bridgehead atoms. The standard InChI is InChI=1S/C23H28N2O2S/c1-17(2)19-9-11-20(12-10-19)23(27)25-15-13-24(14-16-25)22(26)18(3)28-21-7-5-4-6-8-21/h4-12,17-18H,13-16H2,1-3H3. The summed E-state index contributed by atoms with van der Waals surface area (Å²) < 4.78 is 0. The molecule has 1 atom stereocenters. The molecule has 1 fully saturated rings. The van der Waals surface area contributed by atoms with E-state index < -0.39 is 0 Å². The van der Waals surface area contributed by atoms with Gasteiger partial charge in [-0.05, 0) is 42.7 Å². The Hall–Kier alpha value is -2.27. The molecule has 0 spiro atoms. The van der Waals surface area contributed by atoms with Gasteiger partial charge in [0.25, 0.3) is 5.91 Å². The van der Waals surface area contributed by atoms with E-state index in [1.54, 1.807) is 11.8 Å². The van der Waals surface area contributed by atoms with Crippen LogP contribution in [0.25, 0.3) is 0 Å². The number of carbonyl (C=O) groups is 2. The van der Waals surface area contributed by atoms with Crippen LogP contribution in [0.5, 0.6) is 0 Å². The molecule has 5 heteroatoms.